The number of benzene rings is 1. The molecule has 0 saturated carbocycles. The average molecular weight is 313 g/mol. The third-order valence-corrected chi connectivity index (χ3v) is 3.71. The van der Waals surface area contributed by atoms with E-state index in [1.807, 2.05) is 0 Å². The van der Waals surface area contributed by atoms with Crippen molar-refractivity contribution in [1.82, 2.24) is 20.0 Å². The predicted molar refractivity (Wildman–Crippen MR) is 83.9 cm³/mol. The summed E-state index contributed by atoms with van der Waals surface area (Å²) in [5.41, 5.74) is 0.146. The van der Waals surface area contributed by atoms with Gasteiger partial charge in [0.2, 0.25) is 11.9 Å². The summed E-state index contributed by atoms with van der Waals surface area (Å²) in [7, 11) is 3.27. The topological polar surface area (TPSA) is 98.7 Å². The number of hydrogen-bond acceptors (Lipinski definition) is 4. The van der Waals surface area contributed by atoms with Gasteiger partial charge in [0.25, 0.3) is 11.5 Å². The van der Waals surface area contributed by atoms with Gasteiger partial charge in [-0.3, -0.25) is 19.3 Å². The van der Waals surface area contributed by atoms with Crippen molar-refractivity contribution in [3.05, 3.63) is 40.3 Å². The molecule has 23 heavy (non-hydrogen) atoms. The summed E-state index contributed by atoms with van der Waals surface area (Å²) in [5, 5.41) is 7.43. The summed E-state index contributed by atoms with van der Waals surface area (Å²) in [6.07, 6.45) is -0.0589. The molecule has 2 aromatic rings. The van der Waals surface area contributed by atoms with E-state index in [-0.39, 0.29) is 24.4 Å². The maximum absolute atomic E-state index is 12.2. The van der Waals surface area contributed by atoms with Crippen molar-refractivity contribution in [2.75, 3.05) is 20.6 Å². The fraction of sp³-hybridized carbons (Fsp3) is 0.267. The number of hydrogen-bond donors (Lipinski definition) is 1. The normalized spacial score (nSPS) is 16.6. The Hall–Kier alpha value is -3.03. The molecule has 2 amide bonds. The Morgan fingerprint density at radius 2 is 1.96 bits per heavy atom. The molecule has 0 aliphatic carbocycles. The first-order valence-electron chi connectivity index (χ1n) is 7.03. The van der Waals surface area contributed by atoms with E-state index in [0.29, 0.717) is 22.4 Å². The van der Waals surface area contributed by atoms with Gasteiger partial charge >= 0.3 is 0 Å². The highest BCUT2D eigenvalue weighted by molar-refractivity contribution is 6.07. The van der Waals surface area contributed by atoms with E-state index in [1.54, 1.807) is 43.3 Å². The minimum absolute atomic E-state index is 0.0589. The minimum atomic E-state index is -0.432. The van der Waals surface area contributed by atoms with Crippen molar-refractivity contribution in [2.45, 2.75) is 6.42 Å². The quantitative estimate of drug-likeness (QED) is 0.824. The molecule has 1 fully saturated rings. The molecule has 3 rings (SSSR count). The Labute approximate surface area is 131 Å². The first-order valence-corrected chi connectivity index (χ1v) is 7.03. The average Bonchev–Trinajstić information content (AvgIpc) is 2.77. The second kappa shape index (κ2) is 5.64. The van der Waals surface area contributed by atoms with Gasteiger partial charge in [-0.2, -0.15) is 10.1 Å². The Morgan fingerprint density at radius 3 is 2.61 bits per heavy atom. The lowest BCUT2D eigenvalue weighted by molar-refractivity contribution is -0.124. The van der Waals surface area contributed by atoms with E-state index in [1.165, 1.54) is 4.90 Å². The Balaban J connectivity index is 1.91. The number of likely N-dealkylation sites (N-methyl/N-ethyl adjacent to an activating group) is 2. The molecular formula is C15H15N5O3. The lowest BCUT2D eigenvalue weighted by atomic mass is 10.1. The monoisotopic (exact) mass is 313 g/mol. The number of carbonyl (C=O) groups excluding carboxylic acids is 2. The molecule has 1 aromatic carbocycles. The van der Waals surface area contributed by atoms with Crippen LogP contribution >= 0.6 is 0 Å². The number of amides is 2. The first-order chi connectivity index (χ1) is 11.0. The lowest BCUT2D eigenvalue weighted by Crippen LogP contribution is -2.30. The first kappa shape index (κ1) is 14.9. The standard InChI is InChI=1S/C15H15N5O3/c1-19-8-13(22)20(2)15(19)16-12(21)7-11-9-5-3-4-6-10(9)14(23)18-17-11/h3-6H,7-8H2,1-2H3,(H,18,23). The van der Waals surface area contributed by atoms with Crippen molar-refractivity contribution >= 4 is 28.5 Å². The highest BCUT2D eigenvalue weighted by Gasteiger charge is 2.29. The number of nitrogens with one attached hydrogen (secondary N) is 1. The molecule has 118 valence electrons. The molecular weight excluding hydrogens is 298 g/mol. The molecule has 1 N–H and O–H groups in total. The molecule has 1 aromatic heterocycles. The Kier molecular flexibility index (Phi) is 3.65. The van der Waals surface area contributed by atoms with Crippen LogP contribution in [0.5, 0.6) is 0 Å². The largest absolute Gasteiger partial charge is 0.336 e. The SMILES string of the molecule is CN1CC(=O)N(C)C1=NC(=O)Cc1n[nH]c(=O)c2ccccc12. The number of carbonyl (C=O) groups is 2. The van der Waals surface area contributed by atoms with Gasteiger partial charge in [-0.05, 0) is 6.07 Å². The number of rotatable bonds is 2. The van der Waals surface area contributed by atoms with Gasteiger partial charge in [-0.25, -0.2) is 5.10 Å². The predicted octanol–water partition coefficient (Wildman–Crippen LogP) is -0.248. The van der Waals surface area contributed by atoms with Crippen molar-refractivity contribution in [3.8, 4) is 0 Å². The van der Waals surface area contributed by atoms with Gasteiger partial charge in [0.15, 0.2) is 0 Å². The number of aromatic amines is 1. The zero-order valence-corrected chi connectivity index (χ0v) is 12.7. The molecule has 8 heteroatoms. The summed E-state index contributed by atoms with van der Waals surface area (Å²) in [4.78, 5) is 42.5. The number of fused-ring (bicyclic) bond motifs is 1. The van der Waals surface area contributed by atoms with Crippen LogP contribution in [0.3, 0.4) is 0 Å². The minimum Gasteiger partial charge on any atom is -0.336 e. The number of H-pyrrole nitrogens is 1. The Bertz CT molecular complexity index is 886. The third-order valence-electron chi connectivity index (χ3n) is 3.71. The van der Waals surface area contributed by atoms with Crippen LogP contribution in [0.25, 0.3) is 10.8 Å². The van der Waals surface area contributed by atoms with E-state index < -0.39 is 5.91 Å². The van der Waals surface area contributed by atoms with Crippen molar-refractivity contribution in [2.24, 2.45) is 4.99 Å². The molecule has 1 aliphatic rings. The second-order valence-electron chi connectivity index (χ2n) is 5.34. The smallest absolute Gasteiger partial charge is 0.272 e. The summed E-state index contributed by atoms with van der Waals surface area (Å²) in [6.45, 7) is 0.197. The van der Waals surface area contributed by atoms with Crippen molar-refractivity contribution in [1.29, 1.82) is 0 Å². The van der Waals surface area contributed by atoms with Gasteiger partial charge in [-0.1, -0.05) is 18.2 Å². The van der Waals surface area contributed by atoms with Gasteiger partial charge in [0.1, 0.15) is 0 Å². The maximum Gasteiger partial charge on any atom is 0.272 e. The maximum atomic E-state index is 12.2. The van der Waals surface area contributed by atoms with Crippen LogP contribution in [0.1, 0.15) is 5.69 Å². The van der Waals surface area contributed by atoms with Crippen LogP contribution in [-0.4, -0.2) is 58.4 Å². The van der Waals surface area contributed by atoms with Crippen LogP contribution in [0.4, 0.5) is 0 Å². The zero-order chi connectivity index (χ0) is 16.6. The zero-order valence-electron chi connectivity index (χ0n) is 12.7. The number of aromatic nitrogens is 2. The van der Waals surface area contributed by atoms with Crippen LogP contribution in [-0.2, 0) is 16.0 Å². The summed E-state index contributed by atoms with van der Waals surface area (Å²) in [6, 6.07) is 6.94. The second-order valence-corrected chi connectivity index (χ2v) is 5.34. The molecule has 2 heterocycles. The van der Waals surface area contributed by atoms with E-state index >= 15 is 0 Å². The van der Waals surface area contributed by atoms with Gasteiger partial charge < -0.3 is 4.90 Å². The fourth-order valence-corrected chi connectivity index (χ4v) is 2.51. The molecule has 0 atom stereocenters. The number of aliphatic imine (C=N–C) groups is 1. The van der Waals surface area contributed by atoms with Crippen LogP contribution < -0.4 is 5.56 Å². The summed E-state index contributed by atoms with van der Waals surface area (Å²) < 4.78 is 0. The fourth-order valence-electron chi connectivity index (χ4n) is 2.51. The third kappa shape index (κ3) is 2.70. The highest BCUT2D eigenvalue weighted by Crippen LogP contribution is 2.14. The van der Waals surface area contributed by atoms with E-state index in [0.717, 1.165) is 0 Å². The van der Waals surface area contributed by atoms with Crippen LogP contribution in [0, 0.1) is 0 Å². The Morgan fingerprint density at radius 1 is 1.26 bits per heavy atom. The molecule has 1 saturated heterocycles. The van der Waals surface area contributed by atoms with Crippen molar-refractivity contribution < 1.29 is 9.59 Å². The van der Waals surface area contributed by atoms with E-state index in [9.17, 15) is 14.4 Å². The molecule has 0 unspecified atom stereocenters. The number of nitrogens with zero attached hydrogens (tertiary/aromatic N) is 4. The lowest BCUT2D eigenvalue weighted by Gasteiger charge is -2.13. The summed E-state index contributed by atoms with van der Waals surface area (Å²) >= 11 is 0. The van der Waals surface area contributed by atoms with E-state index in [2.05, 4.69) is 15.2 Å². The summed E-state index contributed by atoms with van der Waals surface area (Å²) in [5.74, 6) is -0.238. The van der Waals surface area contributed by atoms with Crippen molar-refractivity contribution in [3.63, 3.8) is 0 Å². The molecule has 8 nitrogen and oxygen atoms in total. The van der Waals surface area contributed by atoms with Gasteiger partial charge in [-0.15, -0.1) is 0 Å². The van der Waals surface area contributed by atoms with Gasteiger partial charge in [0.05, 0.1) is 24.0 Å². The highest BCUT2D eigenvalue weighted by atomic mass is 16.2. The molecule has 0 radical (unpaired) electrons. The molecule has 0 spiro atoms. The van der Waals surface area contributed by atoms with Gasteiger partial charge in [0, 0.05) is 19.5 Å². The molecule has 1 aliphatic heterocycles. The van der Waals surface area contributed by atoms with Crippen LogP contribution in [0.15, 0.2) is 34.1 Å². The number of guanidine groups is 1. The van der Waals surface area contributed by atoms with Crippen LogP contribution in [0.2, 0.25) is 0 Å². The molecule has 0 bridgehead atoms. The van der Waals surface area contributed by atoms with E-state index in [4.69, 9.17) is 0 Å².